The lowest BCUT2D eigenvalue weighted by Crippen LogP contribution is -2.48. The van der Waals surface area contributed by atoms with Crippen LogP contribution in [0.1, 0.15) is 20.3 Å². The first kappa shape index (κ1) is 11.9. The fraction of sp³-hybridized carbons (Fsp3) is 0.900. The Morgan fingerprint density at radius 3 is 2.71 bits per heavy atom. The van der Waals surface area contributed by atoms with Crippen LogP contribution >= 0.6 is 11.8 Å². The number of hydrogen-bond donors (Lipinski definition) is 1. The van der Waals surface area contributed by atoms with Gasteiger partial charge in [-0.25, -0.2) is 0 Å². The number of amides is 1. The number of carbonyl (C=O) groups excluding carboxylic acids is 1. The van der Waals surface area contributed by atoms with Crippen LogP contribution in [0.2, 0.25) is 0 Å². The maximum absolute atomic E-state index is 11.6. The van der Waals surface area contributed by atoms with Crippen molar-refractivity contribution < 1.29 is 4.79 Å². The van der Waals surface area contributed by atoms with Gasteiger partial charge in [0.15, 0.2) is 0 Å². The van der Waals surface area contributed by atoms with Gasteiger partial charge in [0.05, 0.1) is 6.04 Å². The van der Waals surface area contributed by atoms with E-state index in [4.69, 9.17) is 0 Å². The van der Waals surface area contributed by atoms with E-state index in [2.05, 4.69) is 17.1 Å². The number of rotatable bonds is 4. The van der Waals surface area contributed by atoms with Crippen LogP contribution in [0.4, 0.5) is 0 Å². The highest BCUT2D eigenvalue weighted by atomic mass is 32.2. The van der Waals surface area contributed by atoms with Gasteiger partial charge in [-0.05, 0) is 13.3 Å². The Morgan fingerprint density at radius 2 is 2.14 bits per heavy atom. The van der Waals surface area contributed by atoms with Crippen molar-refractivity contribution in [1.82, 2.24) is 10.2 Å². The summed E-state index contributed by atoms with van der Waals surface area (Å²) in [6, 6.07) is 0.0439. The molecule has 0 radical (unpaired) electrons. The molecular weight excluding hydrogens is 196 g/mol. The summed E-state index contributed by atoms with van der Waals surface area (Å²) in [5.41, 5.74) is 0. The number of nitrogens with one attached hydrogen (secondary N) is 1. The van der Waals surface area contributed by atoms with Crippen molar-refractivity contribution in [2.45, 2.75) is 26.3 Å². The molecule has 0 aromatic carbocycles. The van der Waals surface area contributed by atoms with Gasteiger partial charge in [-0.1, -0.05) is 6.92 Å². The van der Waals surface area contributed by atoms with Crippen molar-refractivity contribution in [3.63, 3.8) is 0 Å². The largest absolute Gasteiger partial charge is 0.355 e. The molecule has 1 amide bonds. The molecule has 14 heavy (non-hydrogen) atoms. The number of hydrogen-bond acceptors (Lipinski definition) is 3. The SMILES string of the molecule is CCCNC(=O)[C@H](C)N1CCSCC1. The Balaban J connectivity index is 2.30. The van der Waals surface area contributed by atoms with E-state index < -0.39 is 0 Å². The Bertz CT molecular complexity index is 181. The number of thioether (sulfide) groups is 1. The van der Waals surface area contributed by atoms with Crippen molar-refractivity contribution in [3.8, 4) is 0 Å². The molecule has 0 spiro atoms. The summed E-state index contributed by atoms with van der Waals surface area (Å²) >= 11 is 1.97. The third-order valence-electron chi connectivity index (χ3n) is 2.52. The summed E-state index contributed by atoms with van der Waals surface area (Å²) in [7, 11) is 0. The average molecular weight is 216 g/mol. The highest BCUT2D eigenvalue weighted by Gasteiger charge is 2.22. The normalized spacial score (nSPS) is 20.4. The lowest BCUT2D eigenvalue weighted by Gasteiger charge is -2.31. The van der Waals surface area contributed by atoms with E-state index in [9.17, 15) is 4.79 Å². The lowest BCUT2D eigenvalue weighted by molar-refractivity contribution is -0.125. The minimum Gasteiger partial charge on any atom is -0.355 e. The molecule has 1 saturated heterocycles. The molecule has 0 bridgehead atoms. The molecule has 0 unspecified atom stereocenters. The molecule has 4 heteroatoms. The molecule has 1 aliphatic heterocycles. The summed E-state index contributed by atoms with van der Waals surface area (Å²) in [6.45, 7) is 6.96. The first-order valence-electron chi connectivity index (χ1n) is 5.35. The van der Waals surface area contributed by atoms with E-state index in [1.165, 1.54) is 0 Å². The molecule has 0 saturated carbocycles. The number of carbonyl (C=O) groups is 1. The summed E-state index contributed by atoms with van der Waals surface area (Å²) in [5.74, 6) is 2.50. The molecule has 3 nitrogen and oxygen atoms in total. The highest BCUT2D eigenvalue weighted by Crippen LogP contribution is 2.11. The van der Waals surface area contributed by atoms with Crippen LogP contribution in [0.15, 0.2) is 0 Å². The predicted octanol–water partition coefficient (Wildman–Crippen LogP) is 0.950. The van der Waals surface area contributed by atoms with Gasteiger partial charge in [-0.2, -0.15) is 11.8 Å². The van der Waals surface area contributed by atoms with Crippen LogP contribution < -0.4 is 5.32 Å². The number of nitrogens with zero attached hydrogens (tertiary/aromatic N) is 1. The van der Waals surface area contributed by atoms with Crippen molar-refractivity contribution in [2.24, 2.45) is 0 Å². The van der Waals surface area contributed by atoms with Gasteiger partial charge in [0.2, 0.25) is 5.91 Å². The maximum atomic E-state index is 11.6. The first-order chi connectivity index (χ1) is 6.75. The zero-order chi connectivity index (χ0) is 10.4. The zero-order valence-corrected chi connectivity index (χ0v) is 9.90. The van der Waals surface area contributed by atoms with Crippen LogP contribution in [0.25, 0.3) is 0 Å². The Labute approximate surface area is 90.6 Å². The maximum Gasteiger partial charge on any atom is 0.237 e. The van der Waals surface area contributed by atoms with Crippen molar-refractivity contribution in [1.29, 1.82) is 0 Å². The zero-order valence-electron chi connectivity index (χ0n) is 9.08. The topological polar surface area (TPSA) is 32.3 Å². The van der Waals surface area contributed by atoms with E-state index in [-0.39, 0.29) is 11.9 Å². The van der Waals surface area contributed by atoms with Gasteiger partial charge < -0.3 is 5.32 Å². The summed E-state index contributed by atoms with van der Waals surface area (Å²) < 4.78 is 0. The second kappa shape index (κ2) is 6.30. The van der Waals surface area contributed by atoms with Gasteiger partial charge in [0.1, 0.15) is 0 Å². The van der Waals surface area contributed by atoms with Gasteiger partial charge in [0.25, 0.3) is 0 Å². The quantitative estimate of drug-likeness (QED) is 0.759. The van der Waals surface area contributed by atoms with Crippen molar-refractivity contribution in [3.05, 3.63) is 0 Å². The van der Waals surface area contributed by atoms with Gasteiger partial charge in [-0.15, -0.1) is 0 Å². The molecule has 1 heterocycles. The molecule has 0 aromatic heterocycles. The van der Waals surface area contributed by atoms with E-state index in [1.54, 1.807) is 0 Å². The Kier molecular flexibility index (Phi) is 5.33. The van der Waals surface area contributed by atoms with E-state index in [0.29, 0.717) is 0 Å². The standard InChI is InChI=1S/C10H20N2OS/c1-3-4-11-10(13)9(2)12-5-7-14-8-6-12/h9H,3-8H2,1-2H3,(H,11,13)/t9-/m0/s1. The molecule has 0 aliphatic carbocycles. The Morgan fingerprint density at radius 1 is 1.50 bits per heavy atom. The van der Waals surface area contributed by atoms with E-state index in [1.807, 2.05) is 18.7 Å². The third kappa shape index (κ3) is 3.50. The monoisotopic (exact) mass is 216 g/mol. The van der Waals surface area contributed by atoms with Gasteiger partial charge >= 0.3 is 0 Å². The minimum absolute atomic E-state index is 0.0439. The average Bonchev–Trinajstić information content (AvgIpc) is 2.26. The van der Waals surface area contributed by atoms with Crippen LogP contribution in [0.3, 0.4) is 0 Å². The minimum atomic E-state index is 0.0439. The molecule has 0 aromatic rings. The van der Waals surface area contributed by atoms with Crippen LogP contribution in [-0.4, -0.2) is 48.0 Å². The van der Waals surface area contributed by atoms with Crippen LogP contribution in [0.5, 0.6) is 0 Å². The fourth-order valence-electron chi connectivity index (χ4n) is 1.53. The van der Waals surface area contributed by atoms with Crippen LogP contribution in [-0.2, 0) is 4.79 Å². The first-order valence-corrected chi connectivity index (χ1v) is 6.50. The fourth-order valence-corrected chi connectivity index (χ4v) is 2.46. The molecule has 1 atom stereocenters. The lowest BCUT2D eigenvalue weighted by atomic mass is 10.2. The van der Waals surface area contributed by atoms with Crippen molar-refractivity contribution >= 4 is 17.7 Å². The van der Waals surface area contributed by atoms with Gasteiger partial charge in [0, 0.05) is 31.1 Å². The molecular formula is C10H20N2OS. The molecule has 1 aliphatic rings. The molecule has 1 N–H and O–H groups in total. The summed E-state index contributed by atoms with van der Waals surface area (Å²) in [4.78, 5) is 13.9. The molecule has 82 valence electrons. The summed E-state index contributed by atoms with van der Waals surface area (Å²) in [6.07, 6.45) is 1.01. The third-order valence-corrected chi connectivity index (χ3v) is 3.46. The summed E-state index contributed by atoms with van der Waals surface area (Å²) in [5, 5.41) is 2.94. The van der Waals surface area contributed by atoms with E-state index in [0.717, 1.165) is 37.6 Å². The molecule has 1 rings (SSSR count). The molecule has 1 fully saturated rings. The van der Waals surface area contributed by atoms with E-state index >= 15 is 0 Å². The highest BCUT2D eigenvalue weighted by molar-refractivity contribution is 7.99. The smallest absolute Gasteiger partial charge is 0.237 e. The second-order valence-electron chi connectivity index (χ2n) is 3.62. The predicted molar refractivity (Wildman–Crippen MR) is 61.7 cm³/mol. The van der Waals surface area contributed by atoms with Gasteiger partial charge in [-0.3, -0.25) is 9.69 Å². The Hall–Kier alpha value is -0.220. The van der Waals surface area contributed by atoms with Crippen molar-refractivity contribution in [2.75, 3.05) is 31.1 Å². The second-order valence-corrected chi connectivity index (χ2v) is 4.84. The van der Waals surface area contributed by atoms with Crippen LogP contribution in [0, 0.1) is 0 Å².